The number of benzene rings is 8. The second-order valence-electron chi connectivity index (χ2n) is 14.1. The zero-order valence-electron chi connectivity index (χ0n) is 34.9. The van der Waals surface area contributed by atoms with Crippen LogP contribution < -0.4 is 4.90 Å². The zero-order chi connectivity index (χ0) is 41.1. The number of aromatic nitrogens is 2. The van der Waals surface area contributed by atoms with Gasteiger partial charge in [0, 0.05) is 50.8 Å². The summed E-state index contributed by atoms with van der Waals surface area (Å²) < 4.78 is 4.80. The molecule has 0 spiro atoms. The highest BCUT2D eigenvalue weighted by atomic mass is 15.1. The van der Waals surface area contributed by atoms with Crippen molar-refractivity contribution >= 4 is 60.1 Å². The van der Waals surface area contributed by atoms with Gasteiger partial charge >= 0.3 is 0 Å². The lowest BCUT2D eigenvalue weighted by molar-refractivity contribution is 0.982. The second kappa shape index (κ2) is 18.9. The standard InChI is InChI=1S/C35H24N2.C13H17N.C6H6.C2H6/c1-23-16-19-31-29(22-23)35-27-18-20-32-34(26(27)17-21-33(35)37(31)25-12-6-3-7-13-25)28-14-8-9-15-30(28)36(32)24-10-4-2-5-11-24;1-4-9-12(3)14(5-2)13-10-7-6-8-11-13;1-2-4-6-5-3-1;1-2/h2-22H,1H3;4,6-11H,3,5H2,1-2H3;1-6H;1-2H3/b;9-4-;;. The van der Waals surface area contributed by atoms with Crippen molar-refractivity contribution in [3.8, 4) is 11.4 Å². The molecule has 0 saturated carbocycles. The first-order chi connectivity index (χ1) is 29.1. The molecule has 0 bridgehead atoms. The summed E-state index contributed by atoms with van der Waals surface area (Å²) in [6.45, 7) is 15.3. The normalized spacial score (nSPS) is 10.9. The molecular weight excluding hydrogens is 715 g/mol. The minimum Gasteiger partial charge on any atom is -0.342 e. The Bertz CT molecular complexity index is 2930. The molecule has 0 atom stereocenters. The summed E-state index contributed by atoms with van der Waals surface area (Å²) in [5.74, 6) is 0. The van der Waals surface area contributed by atoms with Crippen LogP contribution in [0.4, 0.5) is 5.69 Å². The number of rotatable bonds is 6. The van der Waals surface area contributed by atoms with Gasteiger partial charge in [0.25, 0.3) is 0 Å². The molecule has 0 aliphatic heterocycles. The Morgan fingerprint density at radius 2 is 0.915 bits per heavy atom. The van der Waals surface area contributed by atoms with Crippen molar-refractivity contribution in [2.75, 3.05) is 11.4 Å². The van der Waals surface area contributed by atoms with Crippen molar-refractivity contribution in [1.82, 2.24) is 9.13 Å². The molecule has 10 rings (SSSR count). The van der Waals surface area contributed by atoms with Crippen LogP contribution in [0.3, 0.4) is 0 Å². The van der Waals surface area contributed by atoms with Crippen molar-refractivity contribution < 1.29 is 0 Å². The maximum absolute atomic E-state index is 4.03. The zero-order valence-corrected chi connectivity index (χ0v) is 34.9. The third-order valence-corrected chi connectivity index (χ3v) is 10.5. The van der Waals surface area contributed by atoms with Crippen LogP contribution in [0.1, 0.15) is 33.3 Å². The molecule has 0 saturated heterocycles. The van der Waals surface area contributed by atoms with Gasteiger partial charge in [0.1, 0.15) is 0 Å². The summed E-state index contributed by atoms with van der Waals surface area (Å²) in [7, 11) is 0. The van der Waals surface area contributed by atoms with Gasteiger partial charge in [0.05, 0.1) is 22.1 Å². The number of fused-ring (bicyclic) bond motifs is 9. The molecule has 10 aromatic rings. The average Bonchev–Trinajstić information content (AvgIpc) is 3.82. The van der Waals surface area contributed by atoms with Crippen molar-refractivity contribution in [2.45, 2.75) is 34.6 Å². The van der Waals surface area contributed by atoms with E-state index in [2.05, 4.69) is 174 Å². The Labute approximate surface area is 349 Å². The van der Waals surface area contributed by atoms with Crippen LogP contribution in [0.15, 0.2) is 219 Å². The first-order valence-corrected chi connectivity index (χ1v) is 20.7. The van der Waals surface area contributed by atoms with Crippen LogP contribution >= 0.6 is 0 Å². The number of hydrogen-bond donors (Lipinski definition) is 0. The number of allylic oxidation sites excluding steroid dienone is 2. The Balaban J connectivity index is 0.000000198. The van der Waals surface area contributed by atoms with Gasteiger partial charge in [-0.25, -0.2) is 0 Å². The van der Waals surface area contributed by atoms with Crippen LogP contribution in [0.25, 0.3) is 65.8 Å². The molecule has 0 fully saturated rings. The van der Waals surface area contributed by atoms with Crippen LogP contribution in [0.5, 0.6) is 0 Å². The average molecular weight is 768 g/mol. The number of likely N-dealkylation sites (N-methyl/N-ethyl adjacent to an activating group) is 1. The third-order valence-electron chi connectivity index (χ3n) is 10.5. The second-order valence-corrected chi connectivity index (χ2v) is 14.1. The lowest BCUT2D eigenvalue weighted by atomic mass is 9.99. The number of anilines is 1. The molecule has 0 amide bonds. The highest BCUT2D eigenvalue weighted by Gasteiger charge is 2.19. The van der Waals surface area contributed by atoms with Gasteiger partial charge in [-0.3, -0.25) is 0 Å². The van der Waals surface area contributed by atoms with E-state index in [1.54, 1.807) is 0 Å². The largest absolute Gasteiger partial charge is 0.342 e. The summed E-state index contributed by atoms with van der Waals surface area (Å²) in [5.41, 5.74) is 10.8. The summed E-state index contributed by atoms with van der Waals surface area (Å²) in [6.07, 6.45) is 4.03. The highest BCUT2D eigenvalue weighted by molar-refractivity contribution is 6.29. The monoisotopic (exact) mass is 767 g/mol. The van der Waals surface area contributed by atoms with Crippen LogP contribution in [-0.2, 0) is 0 Å². The van der Waals surface area contributed by atoms with Crippen molar-refractivity contribution in [3.05, 3.63) is 224 Å². The predicted octanol–water partition coefficient (Wildman–Crippen LogP) is 15.7. The number of aryl methyl sites for hydroxylation is 1. The van der Waals surface area contributed by atoms with Crippen LogP contribution in [-0.4, -0.2) is 15.7 Å². The molecule has 0 aliphatic carbocycles. The minimum atomic E-state index is 0.938. The first kappa shape index (κ1) is 40.1. The lowest BCUT2D eigenvalue weighted by Gasteiger charge is -2.23. The van der Waals surface area contributed by atoms with E-state index in [1.807, 2.05) is 87.5 Å². The first-order valence-electron chi connectivity index (χ1n) is 20.7. The van der Waals surface area contributed by atoms with E-state index in [4.69, 9.17) is 0 Å². The molecule has 292 valence electrons. The smallest absolute Gasteiger partial charge is 0.0547 e. The molecular formula is C56H53N3. The Morgan fingerprint density at radius 1 is 0.492 bits per heavy atom. The van der Waals surface area contributed by atoms with Crippen LogP contribution in [0.2, 0.25) is 0 Å². The Morgan fingerprint density at radius 3 is 1.42 bits per heavy atom. The SMILES string of the molecule is C=C(/C=C\C)N(CC)c1ccccc1.CC.Cc1ccc2c(c1)c1c3ccc4c(c3ccc1n2-c1ccccc1)c1ccccc1n4-c1ccccc1.c1ccccc1. The van der Waals surface area contributed by atoms with Crippen LogP contribution in [0, 0.1) is 6.92 Å². The van der Waals surface area contributed by atoms with Gasteiger partial charge in [-0.2, -0.15) is 0 Å². The fourth-order valence-corrected chi connectivity index (χ4v) is 8.04. The van der Waals surface area contributed by atoms with Crippen molar-refractivity contribution in [2.24, 2.45) is 0 Å². The topological polar surface area (TPSA) is 13.1 Å². The Hall–Kier alpha value is -7.10. The van der Waals surface area contributed by atoms with Gasteiger partial charge in [0.15, 0.2) is 0 Å². The van der Waals surface area contributed by atoms with E-state index in [0.29, 0.717) is 0 Å². The molecule has 0 radical (unpaired) electrons. The molecule has 2 aromatic heterocycles. The maximum Gasteiger partial charge on any atom is 0.0547 e. The summed E-state index contributed by atoms with van der Waals surface area (Å²) >= 11 is 0. The molecule has 3 heteroatoms. The minimum absolute atomic E-state index is 0.938. The van der Waals surface area contributed by atoms with Gasteiger partial charge in [-0.15, -0.1) is 0 Å². The van der Waals surface area contributed by atoms with Gasteiger partial charge < -0.3 is 14.0 Å². The van der Waals surface area contributed by atoms with Crippen molar-refractivity contribution in [3.63, 3.8) is 0 Å². The summed E-state index contributed by atoms with van der Waals surface area (Å²) in [6, 6.07) is 68.6. The van der Waals surface area contributed by atoms with E-state index in [-0.39, 0.29) is 0 Å². The highest BCUT2D eigenvalue weighted by Crippen LogP contribution is 2.42. The fraction of sp³-hybridized carbons (Fsp3) is 0.107. The molecule has 8 aromatic carbocycles. The fourth-order valence-electron chi connectivity index (χ4n) is 8.04. The molecule has 0 aliphatic rings. The van der Waals surface area contributed by atoms with E-state index in [0.717, 1.165) is 12.2 Å². The van der Waals surface area contributed by atoms with Crippen molar-refractivity contribution in [1.29, 1.82) is 0 Å². The number of nitrogens with zero attached hydrogens (tertiary/aromatic N) is 3. The molecule has 0 N–H and O–H groups in total. The van der Waals surface area contributed by atoms with E-state index in [1.165, 1.54) is 77.0 Å². The quantitative estimate of drug-likeness (QED) is 0.154. The molecule has 0 unspecified atom stereocenters. The molecule has 59 heavy (non-hydrogen) atoms. The van der Waals surface area contributed by atoms with Gasteiger partial charge in [-0.1, -0.05) is 159 Å². The number of para-hydroxylation sites is 4. The molecule has 2 heterocycles. The summed E-state index contributed by atoms with van der Waals surface area (Å²) in [5, 5.41) is 7.81. The van der Waals surface area contributed by atoms with Gasteiger partial charge in [-0.05, 0) is 104 Å². The number of hydrogen-bond acceptors (Lipinski definition) is 1. The maximum atomic E-state index is 4.03. The Kier molecular flexibility index (Phi) is 12.8. The molecule has 3 nitrogen and oxygen atoms in total. The predicted molar refractivity (Wildman–Crippen MR) is 259 cm³/mol. The lowest BCUT2D eigenvalue weighted by Crippen LogP contribution is -2.19. The summed E-state index contributed by atoms with van der Waals surface area (Å²) in [4.78, 5) is 2.18. The van der Waals surface area contributed by atoms with E-state index < -0.39 is 0 Å². The van der Waals surface area contributed by atoms with E-state index >= 15 is 0 Å². The third kappa shape index (κ3) is 8.19. The van der Waals surface area contributed by atoms with Gasteiger partial charge in [0.2, 0.25) is 0 Å². The van der Waals surface area contributed by atoms with E-state index in [9.17, 15) is 0 Å².